The summed E-state index contributed by atoms with van der Waals surface area (Å²) in [5, 5.41) is 10.2. The Morgan fingerprint density at radius 3 is 1.95 bits per heavy atom. The first-order valence-corrected chi connectivity index (χ1v) is 13.4. The molecule has 1 nitrogen and oxygen atoms in total. The first kappa shape index (κ1) is 20.9. The van der Waals surface area contributed by atoms with Gasteiger partial charge >= 0.3 is 0 Å². The van der Waals surface area contributed by atoms with E-state index in [1.807, 2.05) is 0 Å². The van der Waals surface area contributed by atoms with E-state index in [0.717, 1.165) is 17.1 Å². The van der Waals surface area contributed by atoms with Crippen LogP contribution in [0.3, 0.4) is 0 Å². The first-order valence-electron chi connectivity index (χ1n) is 13.4. The second-order valence-electron chi connectivity index (χ2n) is 10.5. The Morgan fingerprint density at radius 1 is 0.333 bits per heavy atom. The summed E-state index contributed by atoms with van der Waals surface area (Å²) in [6.45, 7) is 0. The molecule has 9 rings (SSSR count). The molecule has 0 radical (unpaired) electrons. The number of benzene rings is 8. The van der Waals surface area contributed by atoms with Crippen molar-refractivity contribution in [3.05, 3.63) is 133 Å². The maximum Gasteiger partial charge on any atom is 0.135 e. The first-order chi connectivity index (χ1) is 19.3. The van der Waals surface area contributed by atoms with E-state index in [2.05, 4.69) is 133 Å². The van der Waals surface area contributed by atoms with E-state index in [-0.39, 0.29) is 0 Å². The van der Waals surface area contributed by atoms with Crippen molar-refractivity contribution in [2.24, 2.45) is 0 Å². The van der Waals surface area contributed by atoms with Crippen LogP contribution in [0, 0.1) is 0 Å². The van der Waals surface area contributed by atoms with E-state index < -0.39 is 0 Å². The maximum atomic E-state index is 6.35. The normalized spacial score (nSPS) is 12.3. The molecule has 8 aromatic carbocycles. The van der Waals surface area contributed by atoms with Crippen molar-refractivity contribution in [3.8, 4) is 44.9 Å². The molecule has 0 amide bonds. The standard InChI is InChI=1S/C38H22O/c1-2-6-23(7-3-1)30-17-14-25-12-13-27-20-29(21-28-15-18-32(30)38(25)36(27)28)26-16-19-34-33(22-26)31-10-4-8-24-9-5-11-35(39-34)37(24)31/h1-22H. The zero-order valence-electron chi connectivity index (χ0n) is 21.1. The average molecular weight is 495 g/mol. The molecule has 0 atom stereocenters. The molecular weight excluding hydrogens is 472 g/mol. The molecule has 1 heterocycles. The summed E-state index contributed by atoms with van der Waals surface area (Å²) >= 11 is 0. The van der Waals surface area contributed by atoms with Gasteiger partial charge in [-0.05, 0) is 95.9 Å². The molecule has 0 fully saturated rings. The molecule has 0 spiro atoms. The molecule has 0 aliphatic carbocycles. The van der Waals surface area contributed by atoms with Crippen molar-refractivity contribution >= 4 is 43.1 Å². The number of hydrogen-bond acceptors (Lipinski definition) is 1. The van der Waals surface area contributed by atoms with Crippen LogP contribution in [-0.2, 0) is 0 Å². The predicted octanol–water partition coefficient (Wildman–Crippen LogP) is 10.8. The Kier molecular flexibility index (Phi) is 4.11. The average Bonchev–Trinajstić information content (AvgIpc) is 3.00. The van der Waals surface area contributed by atoms with Crippen molar-refractivity contribution in [2.75, 3.05) is 0 Å². The van der Waals surface area contributed by atoms with E-state index in [9.17, 15) is 0 Å². The highest BCUT2D eigenvalue weighted by molar-refractivity contribution is 6.26. The summed E-state index contributed by atoms with van der Waals surface area (Å²) in [5.41, 5.74) is 7.34. The van der Waals surface area contributed by atoms with Crippen LogP contribution in [0.25, 0.3) is 76.5 Å². The lowest BCUT2D eigenvalue weighted by Gasteiger charge is -2.22. The van der Waals surface area contributed by atoms with Crippen LogP contribution in [-0.4, -0.2) is 0 Å². The quantitative estimate of drug-likeness (QED) is 0.217. The van der Waals surface area contributed by atoms with E-state index >= 15 is 0 Å². The van der Waals surface area contributed by atoms with Gasteiger partial charge in [0.1, 0.15) is 11.5 Å². The Bertz CT molecular complexity index is 2220. The van der Waals surface area contributed by atoms with Crippen molar-refractivity contribution in [2.45, 2.75) is 0 Å². The Morgan fingerprint density at radius 2 is 1.08 bits per heavy atom. The Labute approximate surface area is 225 Å². The minimum Gasteiger partial charge on any atom is -0.456 e. The van der Waals surface area contributed by atoms with Crippen LogP contribution in [0.4, 0.5) is 0 Å². The van der Waals surface area contributed by atoms with Crippen LogP contribution in [0.5, 0.6) is 11.5 Å². The number of hydrogen-bond donors (Lipinski definition) is 0. The third-order valence-corrected chi connectivity index (χ3v) is 8.37. The van der Waals surface area contributed by atoms with Crippen molar-refractivity contribution < 1.29 is 4.74 Å². The second-order valence-corrected chi connectivity index (χ2v) is 10.5. The van der Waals surface area contributed by atoms with Crippen LogP contribution in [0.15, 0.2) is 133 Å². The molecule has 0 saturated heterocycles. The largest absolute Gasteiger partial charge is 0.456 e. The van der Waals surface area contributed by atoms with Crippen LogP contribution in [0.1, 0.15) is 0 Å². The summed E-state index contributed by atoms with van der Waals surface area (Å²) in [5.74, 6) is 1.84. The van der Waals surface area contributed by atoms with E-state index in [0.29, 0.717) is 0 Å². The molecule has 8 aromatic rings. The molecule has 0 unspecified atom stereocenters. The monoisotopic (exact) mass is 494 g/mol. The molecule has 39 heavy (non-hydrogen) atoms. The Hall–Kier alpha value is -5.14. The van der Waals surface area contributed by atoms with E-state index in [1.165, 1.54) is 70.9 Å². The molecule has 180 valence electrons. The molecule has 0 saturated carbocycles. The number of rotatable bonds is 2. The smallest absolute Gasteiger partial charge is 0.135 e. The minimum atomic E-state index is 0.913. The molecule has 1 aliphatic heterocycles. The lowest BCUT2D eigenvalue weighted by molar-refractivity contribution is 0.487. The van der Waals surface area contributed by atoms with E-state index in [4.69, 9.17) is 4.74 Å². The highest BCUT2D eigenvalue weighted by atomic mass is 16.5. The zero-order valence-corrected chi connectivity index (χ0v) is 21.1. The van der Waals surface area contributed by atoms with Gasteiger partial charge in [-0.3, -0.25) is 0 Å². The van der Waals surface area contributed by atoms with Crippen molar-refractivity contribution in [3.63, 3.8) is 0 Å². The summed E-state index contributed by atoms with van der Waals surface area (Å²) in [4.78, 5) is 0. The van der Waals surface area contributed by atoms with Gasteiger partial charge in [0.15, 0.2) is 0 Å². The third kappa shape index (κ3) is 2.96. The minimum absolute atomic E-state index is 0.913. The van der Waals surface area contributed by atoms with Gasteiger partial charge in [-0.25, -0.2) is 0 Å². The summed E-state index contributed by atoms with van der Waals surface area (Å²) < 4.78 is 6.35. The van der Waals surface area contributed by atoms with Crippen LogP contribution in [0.2, 0.25) is 0 Å². The fourth-order valence-corrected chi connectivity index (χ4v) is 6.60. The molecule has 0 bridgehead atoms. The SMILES string of the molecule is c1ccc(-c2ccc3ccc4cc(-c5ccc6c(c5)-c5cccc7cccc(c57)O6)cc5ccc2c3c45)cc1. The van der Waals surface area contributed by atoms with Crippen LogP contribution < -0.4 is 4.74 Å². The number of ether oxygens (including phenoxy) is 1. The predicted molar refractivity (Wildman–Crippen MR) is 164 cm³/mol. The fraction of sp³-hybridized carbons (Fsp3) is 0. The number of fused-ring (bicyclic) bond motifs is 2. The highest BCUT2D eigenvalue weighted by Crippen LogP contribution is 2.48. The van der Waals surface area contributed by atoms with Crippen molar-refractivity contribution in [1.29, 1.82) is 0 Å². The lowest BCUT2D eigenvalue weighted by atomic mass is 9.87. The van der Waals surface area contributed by atoms with Gasteiger partial charge in [-0.2, -0.15) is 0 Å². The van der Waals surface area contributed by atoms with Gasteiger partial charge in [0.25, 0.3) is 0 Å². The van der Waals surface area contributed by atoms with Gasteiger partial charge in [-0.15, -0.1) is 0 Å². The van der Waals surface area contributed by atoms with Crippen molar-refractivity contribution in [1.82, 2.24) is 0 Å². The van der Waals surface area contributed by atoms with Gasteiger partial charge < -0.3 is 4.74 Å². The molecule has 1 heteroatoms. The molecule has 1 aliphatic rings. The lowest BCUT2D eigenvalue weighted by Crippen LogP contribution is -1.97. The summed E-state index contributed by atoms with van der Waals surface area (Å²) in [7, 11) is 0. The second kappa shape index (κ2) is 7.69. The van der Waals surface area contributed by atoms with Gasteiger partial charge in [0.05, 0.1) is 0 Å². The molecule has 0 aromatic heterocycles. The maximum absolute atomic E-state index is 6.35. The highest BCUT2D eigenvalue weighted by Gasteiger charge is 2.21. The Balaban J connectivity index is 1.26. The topological polar surface area (TPSA) is 9.23 Å². The van der Waals surface area contributed by atoms with Gasteiger partial charge in [0.2, 0.25) is 0 Å². The van der Waals surface area contributed by atoms with Gasteiger partial charge in [0, 0.05) is 10.9 Å². The fourth-order valence-electron chi connectivity index (χ4n) is 6.60. The summed E-state index contributed by atoms with van der Waals surface area (Å²) in [6, 6.07) is 48.4. The summed E-state index contributed by atoms with van der Waals surface area (Å²) in [6.07, 6.45) is 0. The van der Waals surface area contributed by atoms with Crippen LogP contribution >= 0.6 is 0 Å². The molecular formula is C38H22O. The van der Waals surface area contributed by atoms with E-state index in [1.54, 1.807) is 0 Å². The molecule has 0 N–H and O–H groups in total. The van der Waals surface area contributed by atoms with Gasteiger partial charge in [-0.1, -0.05) is 103 Å². The zero-order chi connectivity index (χ0) is 25.5. The third-order valence-electron chi connectivity index (χ3n) is 8.37.